The third kappa shape index (κ3) is 7.05. The Kier molecular flexibility index (Phi) is 5.59. The van der Waals surface area contributed by atoms with Crippen molar-refractivity contribution in [1.82, 2.24) is 0 Å². The normalized spacial score (nSPS) is 12.8. The van der Waals surface area contributed by atoms with Crippen LogP contribution in [-0.2, 0) is 14.3 Å². The number of ether oxygens (including phenoxy) is 1. The minimum Gasteiger partial charge on any atom is -0.478 e. The number of hydrogen-bond acceptors (Lipinski definition) is 3. The van der Waals surface area contributed by atoms with Gasteiger partial charge in [-0.2, -0.15) is 0 Å². The van der Waals surface area contributed by atoms with Gasteiger partial charge in [-0.3, -0.25) is 0 Å². The average molecular weight is 186 g/mol. The Morgan fingerprint density at radius 1 is 1.46 bits per heavy atom. The van der Waals surface area contributed by atoms with E-state index in [9.17, 15) is 9.59 Å². The molecule has 74 valence electrons. The Balaban J connectivity index is 3.80. The topological polar surface area (TPSA) is 63.6 Å². The molecule has 1 unspecified atom stereocenters. The number of esters is 1. The van der Waals surface area contributed by atoms with Crippen molar-refractivity contribution in [2.75, 3.05) is 0 Å². The van der Waals surface area contributed by atoms with E-state index in [0.29, 0.717) is 0 Å². The van der Waals surface area contributed by atoms with E-state index in [1.54, 1.807) is 6.92 Å². The molecule has 0 saturated carbocycles. The predicted molar refractivity (Wildman–Crippen MR) is 47.2 cm³/mol. The van der Waals surface area contributed by atoms with E-state index in [1.807, 2.05) is 6.92 Å². The van der Waals surface area contributed by atoms with Crippen LogP contribution in [0.5, 0.6) is 0 Å². The first-order valence-electron chi connectivity index (χ1n) is 4.18. The molecule has 13 heavy (non-hydrogen) atoms. The lowest BCUT2D eigenvalue weighted by Crippen LogP contribution is -2.12. The molecule has 0 amide bonds. The highest BCUT2D eigenvalue weighted by Crippen LogP contribution is 2.01. The summed E-state index contributed by atoms with van der Waals surface area (Å²) >= 11 is 0. The molecule has 0 bridgehead atoms. The van der Waals surface area contributed by atoms with Crippen molar-refractivity contribution in [2.45, 2.75) is 32.8 Å². The average Bonchev–Trinajstić information content (AvgIpc) is 2.01. The van der Waals surface area contributed by atoms with Crippen molar-refractivity contribution in [2.24, 2.45) is 0 Å². The van der Waals surface area contributed by atoms with Crippen molar-refractivity contribution in [3.05, 3.63) is 12.2 Å². The first-order chi connectivity index (χ1) is 6.06. The third-order valence-corrected chi connectivity index (χ3v) is 1.37. The van der Waals surface area contributed by atoms with Gasteiger partial charge in [0.15, 0.2) is 0 Å². The quantitative estimate of drug-likeness (QED) is 0.520. The standard InChI is InChI=1S/C9H14O4/c1-3-4-7(2)13-9(12)6-5-8(10)11/h5-7H,3-4H2,1-2H3,(H,10,11)/b6-5+. The van der Waals surface area contributed by atoms with E-state index in [-0.39, 0.29) is 6.10 Å². The lowest BCUT2D eigenvalue weighted by molar-refractivity contribution is -0.143. The van der Waals surface area contributed by atoms with Crippen molar-refractivity contribution in [1.29, 1.82) is 0 Å². The first-order valence-corrected chi connectivity index (χ1v) is 4.18. The maximum atomic E-state index is 10.9. The Hall–Kier alpha value is -1.32. The number of rotatable bonds is 5. The molecule has 0 fully saturated rings. The Morgan fingerprint density at radius 2 is 2.08 bits per heavy atom. The van der Waals surface area contributed by atoms with Crippen LogP contribution in [0.15, 0.2) is 12.2 Å². The summed E-state index contributed by atoms with van der Waals surface area (Å²) in [6.07, 6.45) is 3.23. The highest BCUT2D eigenvalue weighted by molar-refractivity contribution is 5.90. The Bertz CT molecular complexity index is 208. The zero-order valence-corrected chi connectivity index (χ0v) is 7.82. The summed E-state index contributed by atoms with van der Waals surface area (Å²) in [5, 5.41) is 8.21. The molecule has 4 nitrogen and oxygen atoms in total. The number of carbonyl (C=O) groups excluding carboxylic acids is 1. The van der Waals surface area contributed by atoms with E-state index in [0.717, 1.165) is 25.0 Å². The van der Waals surface area contributed by atoms with Crippen LogP contribution >= 0.6 is 0 Å². The van der Waals surface area contributed by atoms with Gasteiger partial charge in [0.05, 0.1) is 6.10 Å². The molecular formula is C9H14O4. The van der Waals surface area contributed by atoms with Crippen LogP contribution in [0, 0.1) is 0 Å². The van der Waals surface area contributed by atoms with Crippen LogP contribution < -0.4 is 0 Å². The molecule has 0 spiro atoms. The molecule has 0 aromatic rings. The van der Waals surface area contributed by atoms with Crippen molar-refractivity contribution >= 4 is 11.9 Å². The summed E-state index contributed by atoms with van der Waals surface area (Å²) in [6.45, 7) is 3.76. The van der Waals surface area contributed by atoms with Gasteiger partial charge in [-0.1, -0.05) is 13.3 Å². The Morgan fingerprint density at radius 3 is 2.54 bits per heavy atom. The van der Waals surface area contributed by atoms with Gasteiger partial charge < -0.3 is 9.84 Å². The number of carbonyl (C=O) groups is 2. The van der Waals surface area contributed by atoms with Gasteiger partial charge in [0.25, 0.3) is 0 Å². The van der Waals surface area contributed by atoms with Crippen LogP contribution in [0.3, 0.4) is 0 Å². The smallest absolute Gasteiger partial charge is 0.331 e. The summed E-state index contributed by atoms with van der Waals surface area (Å²) in [4.78, 5) is 20.9. The molecule has 0 radical (unpaired) electrons. The number of aliphatic carboxylic acids is 1. The maximum absolute atomic E-state index is 10.9. The fourth-order valence-corrected chi connectivity index (χ4v) is 0.842. The minimum absolute atomic E-state index is 0.157. The van der Waals surface area contributed by atoms with Gasteiger partial charge in [0, 0.05) is 12.2 Å². The molecule has 0 aliphatic rings. The number of carboxylic acids is 1. The second-order valence-corrected chi connectivity index (χ2v) is 2.71. The number of hydrogen-bond donors (Lipinski definition) is 1. The van der Waals surface area contributed by atoms with Crippen molar-refractivity contribution in [3.8, 4) is 0 Å². The summed E-state index contributed by atoms with van der Waals surface area (Å²) in [5.41, 5.74) is 0. The molecule has 0 aliphatic heterocycles. The second-order valence-electron chi connectivity index (χ2n) is 2.71. The first kappa shape index (κ1) is 11.7. The third-order valence-electron chi connectivity index (χ3n) is 1.37. The zero-order chi connectivity index (χ0) is 10.3. The van der Waals surface area contributed by atoms with Gasteiger partial charge in [-0.25, -0.2) is 9.59 Å². The SMILES string of the molecule is CCCC(C)OC(=O)/C=C/C(=O)O. The fraction of sp³-hybridized carbons (Fsp3) is 0.556. The lowest BCUT2D eigenvalue weighted by Gasteiger charge is -2.09. The van der Waals surface area contributed by atoms with Gasteiger partial charge in [-0.05, 0) is 13.3 Å². The summed E-state index contributed by atoms with van der Waals surface area (Å²) < 4.78 is 4.85. The van der Waals surface area contributed by atoms with E-state index >= 15 is 0 Å². The van der Waals surface area contributed by atoms with Crippen LogP contribution in [0.25, 0.3) is 0 Å². The van der Waals surface area contributed by atoms with Gasteiger partial charge in [0.2, 0.25) is 0 Å². The molecule has 1 N–H and O–H groups in total. The van der Waals surface area contributed by atoms with Gasteiger partial charge >= 0.3 is 11.9 Å². The highest BCUT2D eigenvalue weighted by Gasteiger charge is 2.05. The van der Waals surface area contributed by atoms with Gasteiger partial charge in [-0.15, -0.1) is 0 Å². The molecule has 1 atom stereocenters. The molecule has 0 rings (SSSR count). The molecule has 0 aromatic heterocycles. The largest absolute Gasteiger partial charge is 0.478 e. The summed E-state index contributed by atoms with van der Waals surface area (Å²) in [6, 6.07) is 0. The predicted octanol–water partition coefficient (Wildman–Crippen LogP) is 1.36. The second kappa shape index (κ2) is 6.22. The van der Waals surface area contributed by atoms with Crippen LogP contribution in [0.2, 0.25) is 0 Å². The molecule has 0 saturated heterocycles. The lowest BCUT2D eigenvalue weighted by atomic mass is 10.2. The van der Waals surface area contributed by atoms with E-state index in [4.69, 9.17) is 9.84 Å². The van der Waals surface area contributed by atoms with Crippen molar-refractivity contribution < 1.29 is 19.4 Å². The number of carboxylic acid groups (broad SMARTS) is 1. The van der Waals surface area contributed by atoms with E-state index < -0.39 is 11.9 Å². The molecule has 0 heterocycles. The van der Waals surface area contributed by atoms with E-state index in [1.165, 1.54) is 0 Å². The molecule has 4 heteroatoms. The van der Waals surface area contributed by atoms with Gasteiger partial charge in [0.1, 0.15) is 0 Å². The molecular weight excluding hydrogens is 172 g/mol. The van der Waals surface area contributed by atoms with Crippen LogP contribution in [0.4, 0.5) is 0 Å². The Labute approximate surface area is 77.2 Å². The molecule has 0 aliphatic carbocycles. The molecule has 0 aromatic carbocycles. The summed E-state index contributed by atoms with van der Waals surface area (Å²) in [5.74, 6) is -1.76. The van der Waals surface area contributed by atoms with Crippen LogP contribution in [0.1, 0.15) is 26.7 Å². The van der Waals surface area contributed by atoms with Crippen molar-refractivity contribution in [3.63, 3.8) is 0 Å². The zero-order valence-electron chi connectivity index (χ0n) is 7.82. The van der Waals surface area contributed by atoms with Crippen LogP contribution in [-0.4, -0.2) is 23.1 Å². The maximum Gasteiger partial charge on any atom is 0.331 e. The monoisotopic (exact) mass is 186 g/mol. The summed E-state index contributed by atoms with van der Waals surface area (Å²) in [7, 11) is 0. The minimum atomic E-state index is -1.15. The van der Waals surface area contributed by atoms with E-state index in [2.05, 4.69) is 0 Å². The highest BCUT2D eigenvalue weighted by atomic mass is 16.5. The fourth-order valence-electron chi connectivity index (χ4n) is 0.842.